The molecule has 1 atom stereocenters. The molecule has 0 aliphatic carbocycles. The summed E-state index contributed by atoms with van der Waals surface area (Å²) in [5, 5.41) is 3.04. The largest absolute Gasteiger partial charge is 0.350 e. The zero-order valence-electron chi connectivity index (χ0n) is 13.4. The maximum atomic E-state index is 12.3. The van der Waals surface area contributed by atoms with Crippen LogP contribution in [0.15, 0.2) is 12.1 Å². The van der Waals surface area contributed by atoms with Gasteiger partial charge in [-0.15, -0.1) is 0 Å². The van der Waals surface area contributed by atoms with Crippen LogP contribution in [0.5, 0.6) is 0 Å². The van der Waals surface area contributed by atoms with Gasteiger partial charge in [0.15, 0.2) is 0 Å². The zero-order valence-corrected chi connectivity index (χ0v) is 13.4. The van der Waals surface area contributed by atoms with Crippen molar-refractivity contribution in [1.82, 2.24) is 10.3 Å². The highest BCUT2D eigenvalue weighted by molar-refractivity contribution is 5.95. The highest BCUT2D eigenvalue weighted by atomic mass is 16.1. The van der Waals surface area contributed by atoms with Gasteiger partial charge in [-0.2, -0.15) is 0 Å². The van der Waals surface area contributed by atoms with Gasteiger partial charge >= 0.3 is 0 Å². The van der Waals surface area contributed by atoms with Gasteiger partial charge in [0, 0.05) is 17.3 Å². The van der Waals surface area contributed by atoms with Crippen molar-refractivity contribution in [3.63, 3.8) is 0 Å². The van der Waals surface area contributed by atoms with Gasteiger partial charge in [-0.05, 0) is 31.9 Å². The lowest BCUT2D eigenvalue weighted by Gasteiger charge is -2.14. The molecule has 4 N–H and O–H groups in total. The topological polar surface area (TPSA) is 80.0 Å². The number of nitrogens with two attached hydrogens (primary N) is 1. The normalized spacial score (nSPS) is 12.0. The number of aryl methyl sites for hydroxylation is 1. The number of pyridine rings is 1. The number of unbranched alkanes of at least 4 members (excludes halogenated alkanes) is 2. The quantitative estimate of drug-likeness (QED) is 0.371. The number of carbonyl (C=O) groups is 1. The lowest BCUT2D eigenvalue weighted by Crippen LogP contribution is -2.32. The van der Waals surface area contributed by atoms with E-state index in [1.807, 2.05) is 13.0 Å². The number of aromatic nitrogens is 1. The van der Waals surface area contributed by atoms with Crippen molar-refractivity contribution < 1.29 is 4.79 Å². The van der Waals surface area contributed by atoms with E-state index in [0.29, 0.717) is 11.4 Å². The summed E-state index contributed by atoms with van der Waals surface area (Å²) in [5.41, 5.74) is 4.03. The molecule has 1 heterocycles. The molecule has 0 spiro atoms. The molecule has 1 rings (SSSR count). The van der Waals surface area contributed by atoms with Crippen LogP contribution in [-0.4, -0.2) is 16.9 Å². The Morgan fingerprint density at radius 1 is 1.29 bits per heavy atom. The number of carbonyl (C=O) groups excluding carboxylic acids is 1. The molecule has 5 heteroatoms. The standard InChI is InChI=1S/C16H28N4O/c1-4-6-7-9-12(3)18-16(21)13-10-14(8-5-2)19-15(11-13)20-17/h10-12H,4-9,17H2,1-3H3,(H,18,21)(H,19,20). The predicted molar refractivity (Wildman–Crippen MR) is 87.1 cm³/mol. The molecule has 0 bridgehead atoms. The van der Waals surface area contributed by atoms with Crippen molar-refractivity contribution >= 4 is 11.7 Å². The maximum Gasteiger partial charge on any atom is 0.251 e. The third-order valence-corrected chi connectivity index (χ3v) is 3.41. The fourth-order valence-electron chi connectivity index (χ4n) is 2.26. The average Bonchev–Trinajstić information content (AvgIpc) is 2.47. The Labute approximate surface area is 127 Å². The van der Waals surface area contributed by atoms with Crippen molar-refractivity contribution in [3.05, 3.63) is 23.4 Å². The average molecular weight is 292 g/mol. The molecule has 0 saturated carbocycles. The van der Waals surface area contributed by atoms with E-state index in [4.69, 9.17) is 5.84 Å². The summed E-state index contributed by atoms with van der Waals surface area (Å²) in [5.74, 6) is 5.89. The summed E-state index contributed by atoms with van der Waals surface area (Å²) in [6.45, 7) is 6.31. The molecule has 5 nitrogen and oxygen atoms in total. The Bertz CT molecular complexity index is 448. The first-order valence-corrected chi connectivity index (χ1v) is 7.89. The third kappa shape index (κ3) is 6.12. The number of anilines is 1. The van der Waals surface area contributed by atoms with Crippen LogP contribution in [0.1, 0.15) is 68.9 Å². The minimum atomic E-state index is -0.0600. The van der Waals surface area contributed by atoms with E-state index in [1.165, 1.54) is 12.8 Å². The van der Waals surface area contributed by atoms with Gasteiger partial charge in [0.25, 0.3) is 5.91 Å². The van der Waals surface area contributed by atoms with E-state index in [2.05, 4.69) is 29.6 Å². The molecule has 1 aromatic heterocycles. The van der Waals surface area contributed by atoms with Crippen LogP contribution in [0.25, 0.3) is 0 Å². The highest BCUT2D eigenvalue weighted by Crippen LogP contribution is 2.12. The van der Waals surface area contributed by atoms with Gasteiger partial charge < -0.3 is 10.7 Å². The second-order valence-electron chi connectivity index (χ2n) is 5.50. The minimum Gasteiger partial charge on any atom is -0.350 e. The van der Waals surface area contributed by atoms with Crippen LogP contribution in [0.2, 0.25) is 0 Å². The number of nitrogens with zero attached hydrogens (tertiary/aromatic N) is 1. The van der Waals surface area contributed by atoms with Gasteiger partial charge in [0.1, 0.15) is 5.82 Å². The molecule has 0 aliphatic heterocycles. The zero-order chi connectivity index (χ0) is 15.7. The van der Waals surface area contributed by atoms with Crippen molar-refractivity contribution in [2.24, 2.45) is 5.84 Å². The van der Waals surface area contributed by atoms with Crippen molar-refractivity contribution in [2.45, 2.75) is 65.3 Å². The second kappa shape index (κ2) is 9.34. The lowest BCUT2D eigenvalue weighted by molar-refractivity contribution is 0.0937. The minimum absolute atomic E-state index is 0.0600. The van der Waals surface area contributed by atoms with E-state index < -0.39 is 0 Å². The Balaban J connectivity index is 2.69. The predicted octanol–water partition coefficient (Wildman–Crippen LogP) is 3.02. The van der Waals surface area contributed by atoms with E-state index in [0.717, 1.165) is 31.4 Å². The molecule has 0 aliphatic rings. The van der Waals surface area contributed by atoms with Gasteiger partial charge in [-0.1, -0.05) is 39.5 Å². The summed E-state index contributed by atoms with van der Waals surface area (Å²) in [6.07, 6.45) is 6.37. The third-order valence-electron chi connectivity index (χ3n) is 3.41. The molecule has 0 saturated heterocycles. The fourth-order valence-corrected chi connectivity index (χ4v) is 2.26. The van der Waals surface area contributed by atoms with E-state index >= 15 is 0 Å². The van der Waals surface area contributed by atoms with Crippen molar-refractivity contribution in [2.75, 3.05) is 5.43 Å². The number of nitrogens with one attached hydrogen (secondary N) is 2. The van der Waals surface area contributed by atoms with Crippen LogP contribution < -0.4 is 16.6 Å². The lowest BCUT2D eigenvalue weighted by atomic mass is 10.1. The summed E-state index contributed by atoms with van der Waals surface area (Å²) >= 11 is 0. The fraction of sp³-hybridized carbons (Fsp3) is 0.625. The highest BCUT2D eigenvalue weighted by Gasteiger charge is 2.12. The van der Waals surface area contributed by atoms with Crippen LogP contribution in [-0.2, 0) is 6.42 Å². The SMILES string of the molecule is CCCCCC(C)NC(=O)c1cc(CCC)nc(NN)c1. The summed E-state index contributed by atoms with van der Waals surface area (Å²) in [6, 6.07) is 3.72. The first-order chi connectivity index (χ1) is 10.1. The van der Waals surface area contributed by atoms with Gasteiger partial charge in [-0.3, -0.25) is 4.79 Å². The summed E-state index contributed by atoms with van der Waals surface area (Å²) in [7, 11) is 0. The molecular formula is C16H28N4O. The Kier molecular flexibility index (Phi) is 7.75. The first-order valence-electron chi connectivity index (χ1n) is 7.89. The molecule has 0 aromatic carbocycles. The number of hydrazine groups is 1. The van der Waals surface area contributed by atoms with Gasteiger partial charge in [-0.25, -0.2) is 10.8 Å². The molecule has 0 radical (unpaired) electrons. The number of hydrogen-bond donors (Lipinski definition) is 3. The van der Waals surface area contributed by atoms with Gasteiger partial charge in [0.2, 0.25) is 0 Å². The smallest absolute Gasteiger partial charge is 0.251 e. The van der Waals surface area contributed by atoms with E-state index in [-0.39, 0.29) is 11.9 Å². The summed E-state index contributed by atoms with van der Waals surface area (Å²) < 4.78 is 0. The van der Waals surface area contributed by atoms with Gasteiger partial charge in [0.05, 0.1) is 0 Å². The van der Waals surface area contributed by atoms with E-state index in [1.54, 1.807) is 6.07 Å². The Hall–Kier alpha value is -1.62. The molecule has 1 aromatic rings. The number of amides is 1. The molecular weight excluding hydrogens is 264 g/mol. The monoisotopic (exact) mass is 292 g/mol. The van der Waals surface area contributed by atoms with Crippen LogP contribution in [0, 0.1) is 0 Å². The molecule has 0 fully saturated rings. The van der Waals surface area contributed by atoms with Crippen molar-refractivity contribution in [1.29, 1.82) is 0 Å². The van der Waals surface area contributed by atoms with E-state index in [9.17, 15) is 4.79 Å². The molecule has 118 valence electrons. The summed E-state index contributed by atoms with van der Waals surface area (Å²) in [4.78, 5) is 16.7. The number of nitrogen functional groups attached to an aromatic ring is 1. The number of rotatable bonds is 9. The first kappa shape index (κ1) is 17.4. The van der Waals surface area contributed by atoms with Crippen molar-refractivity contribution in [3.8, 4) is 0 Å². The van der Waals surface area contributed by atoms with Crippen LogP contribution in [0.3, 0.4) is 0 Å². The molecule has 1 amide bonds. The Morgan fingerprint density at radius 2 is 2.05 bits per heavy atom. The van der Waals surface area contributed by atoms with Crippen LogP contribution >= 0.6 is 0 Å². The van der Waals surface area contributed by atoms with Crippen LogP contribution in [0.4, 0.5) is 5.82 Å². The molecule has 21 heavy (non-hydrogen) atoms. The number of hydrogen-bond acceptors (Lipinski definition) is 4. The Morgan fingerprint density at radius 3 is 2.67 bits per heavy atom. The maximum absolute atomic E-state index is 12.3. The second-order valence-corrected chi connectivity index (χ2v) is 5.50. The molecule has 1 unspecified atom stereocenters.